The van der Waals surface area contributed by atoms with E-state index in [1.807, 2.05) is 0 Å². The summed E-state index contributed by atoms with van der Waals surface area (Å²) in [4.78, 5) is 0. The van der Waals surface area contributed by atoms with Gasteiger partial charge < -0.3 is 4.74 Å². The molecule has 0 bridgehead atoms. The van der Waals surface area contributed by atoms with E-state index >= 15 is 0 Å². The van der Waals surface area contributed by atoms with Gasteiger partial charge in [0.1, 0.15) is 0 Å². The number of ether oxygens (including phenoxy) is 1. The summed E-state index contributed by atoms with van der Waals surface area (Å²) in [6, 6.07) is 0. The lowest BCUT2D eigenvalue weighted by atomic mass is 9.45. The van der Waals surface area contributed by atoms with Crippen molar-refractivity contribution in [3.8, 4) is 0 Å². The summed E-state index contributed by atoms with van der Waals surface area (Å²) in [5.41, 5.74) is 1.26. The van der Waals surface area contributed by atoms with Gasteiger partial charge in [-0.1, -0.05) is 26.7 Å². The molecule has 1 heterocycles. The summed E-state index contributed by atoms with van der Waals surface area (Å²) >= 11 is 0. The first-order chi connectivity index (χ1) is 9.63. The number of fused-ring (bicyclic) bond motifs is 7. The second-order valence-corrected chi connectivity index (χ2v) is 9.28. The fourth-order valence-corrected chi connectivity index (χ4v) is 7.59. The molecule has 112 valence electrons. The maximum atomic E-state index is 5.94. The average Bonchev–Trinajstić information content (AvgIpc) is 3.16. The first-order valence-corrected chi connectivity index (χ1v) is 9.28. The van der Waals surface area contributed by atoms with Crippen molar-refractivity contribution in [3.05, 3.63) is 0 Å². The molecule has 20 heavy (non-hydrogen) atoms. The van der Waals surface area contributed by atoms with Gasteiger partial charge in [0.15, 0.2) is 0 Å². The van der Waals surface area contributed by atoms with E-state index in [2.05, 4.69) is 13.8 Å². The number of hydrogen-bond acceptors (Lipinski definition) is 1. The van der Waals surface area contributed by atoms with Crippen LogP contribution in [0.25, 0.3) is 0 Å². The first kappa shape index (κ1) is 12.5. The lowest BCUT2D eigenvalue weighted by Gasteiger charge is -2.60. The fourth-order valence-electron chi connectivity index (χ4n) is 7.59. The minimum Gasteiger partial charge on any atom is -0.369 e. The summed E-state index contributed by atoms with van der Waals surface area (Å²) in [6.07, 6.45) is 14.9. The molecule has 0 N–H and O–H groups in total. The van der Waals surface area contributed by atoms with E-state index in [9.17, 15) is 0 Å². The molecular weight excluding hydrogens is 244 g/mol. The van der Waals surface area contributed by atoms with Gasteiger partial charge in [-0.05, 0) is 79.4 Å². The fraction of sp³-hybridized carbons (Fsp3) is 1.00. The highest BCUT2D eigenvalue weighted by atomic mass is 16.6. The van der Waals surface area contributed by atoms with Crippen LogP contribution in [0.3, 0.4) is 0 Å². The third-order valence-electron chi connectivity index (χ3n) is 8.74. The van der Waals surface area contributed by atoms with E-state index in [1.54, 1.807) is 12.8 Å². The van der Waals surface area contributed by atoms with Crippen LogP contribution in [-0.4, -0.2) is 12.2 Å². The van der Waals surface area contributed by atoms with Crippen LogP contribution in [0.1, 0.15) is 71.6 Å². The van der Waals surface area contributed by atoms with Gasteiger partial charge in [0.05, 0.1) is 12.2 Å². The summed E-state index contributed by atoms with van der Waals surface area (Å²) in [7, 11) is 0. The zero-order chi connectivity index (χ0) is 13.5. The van der Waals surface area contributed by atoms with Gasteiger partial charge in [-0.25, -0.2) is 0 Å². The molecule has 1 aliphatic heterocycles. The zero-order valence-electron chi connectivity index (χ0n) is 13.2. The van der Waals surface area contributed by atoms with Crippen molar-refractivity contribution in [2.24, 2.45) is 34.5 Å². The molecule has 0 unspecified atom stereocenters. The maximum absolute atomic E-state index is 5.94. The molecule has 1 heteroatoms. The first-order valence-electron chi connectivity index (χ1n) is 9.28. The molecule has 0 aromatic heterocycles. The number of hydrogen-bond donors (Lipinski definition) is 0. The zero-order valence-corrected chi connectivity index (χ0v) is 13.2. The van der Waals surface area contributed by atoms with Gasteiger partial charge in [-0.3, -0.25) is 0 Å². The van der Waals surface area contributed by atoms with Crippen LogP contribution in [0.15, 0.2) is 0 Å². The predicted octanol–water partition coefficient (Wildman–Crippen LogP) is 4.80. The Hall–Kier alpha value is -0.0400. The Morgan fingerprint density at radius 3 is 2.65 bits per heavy atom. The molecule has 4 aliphatic carbocycles. The molecule has 5 fully saturated rings. The van der Waals surface area contributed by atoms with Gasteiger partial charge in [-0.15, -0.1) is 0 Å². The van der Waals surface area contributed by atoms with Crippen LogP contribution in [-0.2, 0) is 4.74 Å². The van der Waals surface area contributed by atoms with E-state index in [-0.39, 0.29) is 0 Å². The number of rotatable bonds is 0. The highest BCUT2D eigenvalue weighted by Crippen LogP contribution is 2.69. The molecule has 4 saturated carbocycles. The van der Waals surface area contributed by atoms with Gasteiger partial charge in [0, 0.05) is 0 Å². The van der Waals surface area contributed by atoms with Crippen molar-refractivity contribution < 1.29 is 4.74 Å². The van der Waals surface area contributed by atoms with Gasteiger partial charge in [0.25, 0.3) is 0 Å². The molecular formula is C19H30O. The van der Waals surface area contributed by atoms with E-state index < -0.39 is 0 Å². The summed E-state index contributed by atoms with van der Waals surface area (Å²) in [5.74, 6) is 4.17. The van der Waals surface area contributed by atoms with Crippen LogP contribution in [0.4, 0.5) is 0 Å². The minimum atomic E-state index is 0.559. The normalized spacial score (nSPS) is 63.9. The summed E-state index contributed by atoms with van der Waals surface area (Å²) in [6.45, 7) is 5.25. The van der Waals surface area contributed by atoms with Crippen molar-refractivity contribution in [2.75, 3.05) is 0 Å². The van der Waals surface area contributed by atoms with Crippen LogP contribution in [0, 0.1) is 34.5 Å². The lowest BCUT2D eigenvalue weighted by Crippen LogP contribution is -2.53. The molecule has 1 nitrogen and oxygen atoms in total. The van der Waals surface area contributed by atoms with Gasteiger partial charge >= 0.3 is 0 Å². The van der Waals surface area contributed by atoms with E-state index in [1.165, 1.54) is 44.9 Å². The number of epoxide rings is 1. The SMILES string of the molecule is C[C@]12CCCC[C@@H]1CC[C@@H]1[C@@H]2CC[C@]2(C)[C@@H]3O[C@@H]3C[C@@H]12. The third-order valence-corrected chi connectivity index (χ3v) is 8.74. The Balaban J connectivity index is 1.48. The predicted molar refractivity (Wildman–Crippen MR) is 80.4 cm³/mol. The van der Waals surface area contributed by atoms with E-state index in [4.69, 9.17) is 4.74 Å². The van der Waals surface area contributed by atoms with Crippen LogP contribution in [0.2, 0.25) is 0 Å². The minimum absolute atomic E-state index is 0.559. The molecule has 5 rings (SSSR count). The Morgan fingerprint density at radius 2 is 1.75 bits per heavy atom. The molecule has 0 spiro atoms. The van der Waals surface area contributed by atoms with E-state index in [0.717, 1.165) is 23.7 Å². The molecule has 0 aromatic carbocycles. The summed E-state index contributed by atoms with van der Waals surface area (Å²) in [5, 5.41) is 0. The third kappa shape index (κ3) is 1.39. The lowest BCUT2D eigenvalue weighted by molar-refractivity contribution is -0.117. The highest BCUT2D eigenvalue weighted by Gasteiger charge is 2.67. The van der Waals surface area contributed by atoms with Crippen LogP contribution in [0.5, 0.6) is 0 Å². The molecule has 0 amide bonds. The molecule has 5 aliphatic rings. The van der Waals surface area contributed by atoms with Crippen LogP contribution >= 0.6 is 0 Å². The van der Waals surface area contributed by atoms with Crippen molar-refractivity contribution in [1.82, 2.24) is 0 Å². The van der Waals surface area contributed by atoms with E-state index in [0.29, 0.717) is 23.0 Å². The van der Waals surface area contributed by atoms with Gasteiger partial charge in [0.2, 0.25) is 0 Å². The Morgan fingerprint density at radius 1 is 0.850 bits per heavy atom. The monoisotopic (exact) mass is 274 g/mol. The average molecular weight is 274 g/mol. The Bertz CT molecular complexity index is 431. The second kappa shape index (κ2) is 3.83. The Kier molecular flexibility index (Phi) is 2.39. The van der Waals surface area contributed by atoms with Crippen LogP contribution < -0.4 is 0 Å². The smallest absolute Gasteiger partial charge is 0.0898 e. The topological polar surface area (TPSA) is 12.5 Å². The van der Waals surface area contributed by atoms with Crippen molar-refractivity contribution in [2.45, 2.75) is 83.8 Å². The Labute approximate surface area is 123 Å². The standard InChI is InChI=1S/C19H30O/c1-18-9-4-3-5-12(18)6-7-13-14(18)8-10-19(2)15(13)11-16-17(19)20-16/h12-17H,3-11H2,1-2H3/t12-,13-,14+,15+,16-,17-,18+,19+/m1/s1. The van der Waals surface area contributed by atoms with Crippen molar-refractivity contribution in [1.29, 1.82) is 0 Å². The summed E-state index contributed by atoms with van der Waals surface area (Å²) < 4.78 is 5.94. The van der Waals surface area contributed by atoms with Crippen molar-refractivity contribution in [3.63, 3.8) is 0 Å². The molecule has 0 aromatic rings. The second-order valence-electron chi connectivity index (χ2n) is 9.28. The highest BCUT2D eigenvalue weighted by molar-refractivity contribution is 5.16. The quantitative estimate of drug-likeness (QED) is 0.578. The van der Waals surface area contributed by atoms with Crippen molar-refractivity contribution >= 4 is 0 Å². The largest absolute Gasteiger partial charge is 0.369 e. The van der Waals surface area contributed by atoms with Gasteiger partial charge in [-0.2, -0.15) is 0 Å². The molecule has 0 radical (unpaired) electrons. The molecule has 8 atom stereocenters. The molecule has 1 saturated heterocycles. The maximum Gasteiger partial charge on any atom is 0.0898 e.